The summed E-state index contributed by atoms with van der Waals surface area (Å²) in [5.41, 5.74) is 3.06. The summed E-state index contributed by atoms with van der Waals surface area (Å²) >= 11 is 0. The third-order valence-corrected chi connectivity index (χ3v) is 5.96. The lowest BCUT2D eigenvalue weighted by molar-refractivity contribution is -0.138. The average molecular weight is 610 g/mol. The number of aryl methyl sites for hydroxylation is 2. The smallest absolute Gasteiger partial charge is 0.407 e. The van der Waals surface area contributed by atoms with Crippen molar-refractivity contribution >= 4 is 24.1 Å². The lowest BCUT2D eigenvalue weighted by Gasteiger charge is -2.19. The average Bonchev–Trinajstić information content (AvgIpc) is 2.93. The van der Waals surface area contributed by atoms with E-state index >= 15 is 0 Å². The summed E-state index contributed by atoms with van der Waals surface area (Å²) in [5.74, 6) is -0.697. The quantitative estimate of drug-likeness (QED) is 0.107. The Hall–Kier alpha value is -4.34. The number of hydrogen-bond donors (Lipinski definition) is 3. The van der Waals surface area contributed by atoms with Crippen molar-refractivity contribution in [3.63, 3.8) is 0 Å². The fourth-order valence-electron chi connectivity index (χ4n) is 4.03. The number of rotatable bonds is 14. The number of carbonyl (C=O) groups excluding carboxylic acids is 4. The van der Waals surface area contributed by atoms with Gasteiger partial charge in [0, 0.05) is 31.3 Å². The van der Waals surface area contributed by atoms with Crippen LogP contribution in [0.15, 0.2) is 55.1 Å². The standard InChI is InChI=1S/C34H47N3O7/c1-8-29(38)42-23-25-15-13-24(14-16-25)22-37-30(39)28-20-26(11-9-17-35-31(40)43-33(2,3)4)19-27(21-28)12-10-18-36-32(41)44-34(5,6)7/h8,13-16,19-21H,1,9-12,17-18,22-23H2,2-7H3,(H,35,40)(H,36,41)(H,37,39). The SMILES string of the molecule is C=CC(=O)OCc1ccc(CNC(=O)c2cc(CCCNC(=O)OC(C)(C)C)cc(CCCNC(=O)OC(C)(C)C)c2)cc1. The van der Waals surface area contributed by atoms with Crippen molar-refractivity contribution in [1.29, 1.82) is 0 Å². The number of benzene rings is 2. The molecule has 3 amide bonds. The van der Waals surface area contributed by atoms with Gasteiger partial charge in [-0.3, -0.25) is 4.79 Å². The Bertz CT molecular complexity index is 1220. The van der Waals surface area contributed by atoms with E-state index in [2.05, 4.69) is 28.6 Å². The molecule has 0 aliphatic rings. The van der Waals surface area contributed by atoms with Gasteiger partial charge in [0.05, 0.1) is 0 Å². The minimum atomic E-state index is -0.568. The van der Waals surface area contributed by atoms with Gasteiger partial charge in [-0.05, 0) is 102 Å². The zero-order chi connectivity index (χ0) is 32.8. The third kappa shape index (κ3) is 15.2. The van der Waals surface area contributed by atoms with Gasteiger partial charge in [-0.25, -0.2) is 14.4 Å². The van der Waals surface area contributed by atoms with Gasteiger partial charge in [0.25, 0.3) is 5.91 Å². The summed E-state index contributed by atoms with van der Waals surface area (Å²) in [7, 11) is 0. The van der Waals surface area contributed by atoms with Crippen LogP contribution in [0, 0.1) is 0 Å². The highest BCUT2D eigenvalue weighted by atomic mass is 16.6. The van der Waals surface area contributed by atoms with Gasteiger partial charge in [-0.2, -0.15) is 0 Å². The lowest BCUT2D eigenvalue weighted by atomic mass is 9.99. The maximum Gasteiger partial charge on any atom is 0.407 e. The fraction of sp³-hybridized carbons (Fsp3) is 0.471. The molecular weight excluding hydrogens is 562 g/mol. The van der Waals surface area contributed by atoms with Crippen LogP contribution in [0.3, 0.4) is 0 Å². The second kappa shape index (κ2) is 17.1. The van der Waals surface area contributed by atoms with E-state index < -0.39 is 29.4 Å². The molecule has 2 aromatic rings. The van der Waals surface area contributed by atoms with Crippen molar-refractivity contribution in [2.24, 2.45) is 0 Å². The first-order valence-electron chi connectivity index (χ1n) is 14.9. The topological polar surface area (TPSA) is 132 Å². The van der Waals surface area contributed by atoms with Crippen LogP contribution in [-0.2, 0) is 45.0 Å². The Balaban J connectivity index is 2.02. The normalized spacial score (nSPS) is 11.2. The van der Waals surface area contributed by atoms with E-state index in [1.807, 2.05) is 77.9 Å². The summed E-state index contributed by atoms with van der Waals surface area (Å²) in [6.45, 7) is 15.6. The molecule has 0 fully saturated rings. The van der Waals surface area contributed by atoms with Crippen LogP contribution in [0.1, 0.15) is 87.0 Å². The minimum Gasteiger partial charge on any atom is -0.458 e. The van der Waals surface area contributed by atoms with Crippen LogP contribution in [0.4, 0.5) is 9.59 Å². The molecule has 0 spiro atoms. The highest BCUT2D eigenvalue weighted by Gasteiger charge is 2.17. The maximum absolute atomic E-state index is 13.2. The largest absolute Gasteiger partial charge is 0.458 e. The van der Waals surface area contributed by atoms with E-state index in [9.17, 15) is 19.2 Å². The van der Waals surface area contributed by atoms with Gasteiger partial charge in [-0.1, -0.05) is 36.9 Å². The summed E-state index contributed by atoms with van der Waals surface area (Å²) in [6.07, 6.45) is 2.82. The number of nitrogens with one attached hydrogen (secondary N) is 3. The predicted octanol–water partition coefficient (Wildman–Crippen LogP) is 5.76. The number of esters is 1. The van der Waals surface area contributed by atoms with E-state index in [0.717, 1.165) is 28.3 Å². The van der Waals surface area contributed by atoms with E-state index in [0.29, 0.717) is 50.9 Å². The molecule has 0 saturated carbocycles. The van der Waals surface area contributed by atoms with Crippen molar-refractivity contribution in [2.75, 3.05) is 13.1 Å². The van der Waals surface area contributed by atoms with E-state index in [1.54, 1.807) is 0 Å². The van der Waals surface area contributed by atoms with Crippen molar-refractivity contribution in [3.8, 4) is 0 Å². The van der Waals surface area contributed by atoms with E-state index in [1.165, 1.54) is 0 Å². The zero-order valence-corrected chi connectivity index (χ0v) is 26.8. The fourth-order valence-corrected chi connectivity index (χ4v) is 4.03. The number of ether oxygens (including phenoxy) is 3. The van der Waals surface area contributed by atoms with Crippen molar-refractivity contribution in [2.45, 2.75) is 91.6 Å². The number of hydrogen-bond acceptors (Lipinski definition) is 7. The van der Waals surface area contributed by atoms with Crippen LogP contribution >= 0.6 is 0 Å². The predicted molar refractivity (Wildman–Crippen MR) is 169 cm³/mol. The van der Waals surface area contributed by atoms with Gasteiger partial charge < -0.3 is 30.2 Å². The third-order valence-electron chi connectivity index (χ3n) is 5.96. The molecule has 240 valence electrons. The Morgan fingerprint density at radius 2 is 1.18 bits per heavy atom. The van der Waals surface area contributed by atoms with Crippen LogP contribution < -0.4 is 16.0 Å². The van der Waals surface area contributed by atoms with Gasteiger partial charge >= 0.3 is 18.2 Å². The van der Waals surface area contributed by atoms with Crippen molar-refractivity contribution in [3.05, 3.63) is 82.9 Å². The van der Waals surface area contributed by atoms with Crippen LogP contribution in [0.2, 0.25) is 0 Å². The summed E-state index contributed by atoms with van der Waals surface area (Å²) in [5, 5.41) is 8.51. The number of carbonyl (C=O) groups is 4. The second-order valence-electron chi connectivity index (χ2n) is 12.4. The Morgan fingerprint density at radius 3 is 1.64 bits per heavy atom. The maximum atomic E-state index is 13.2. The van der Waals surface area contributed by atoms with Crippen LogP contribution in [-0.4, -0.2) is 48.4 Å². The van der Waals surface area contributed by atoms with Gasteiger partial charge in [0.1, 0.15) is 17.8 Å². The molecule has 0 bridgehead atoms. The van der Waals surface area contributed by atoms with Crippen LogP contribution in [0.5, 0.6) is 0 Å². The number of amides is 3. The lowest BCUT2D eigenvalue weighted by Crippen LogP contribution is -2.33. The first kappa shape index (κ1) is 35.9. The van der Waals surface area contributed by atoms with Crippen molar-refractivity contribution < 1.29 is 33.4 Å². The van der Waals surface area contributed by atoms with Gasteiger partial charge in [0.15, 0.2) is 0 Å². The number of alkyl carbamates (subject to hydrolysis) is 2. The minimum absolute atomic E-state index is 0.146. The molecule has 44 heavy (non-hydrogen) atoms. The van der Waals surface area contributed by atoms with E-state index in [4.69, 9.17) is 14.2 Å². The zero-order valence-electron chi connectivity index (χ0n) is 26.8. The molecule has 10 nitrogen and oxygen atoms in total. The molecule has 10 heteroatoms. The molecule has 3 N–H and O–H groups in total. The molecular formula is C34H47N3O7. The van der Waals surface area contributed by atoms with Gasteiger partial charge in [0.2, 0.25) is 0 Å². The monoisotopic (exact) mass is 609 g/mol. The molecule has 0 aromatic heterocycles. The first-order chi connectivity index (χ1) is 20.6. The molecule has 0 atom stereocenters. The molecule has 0 saturated heterocycles. The highest BCUT2D eigenvalue weighted by molar-refractivity contribution is 5.94. The molecule has 0 aliphatic heterocycles. The molecule has 0 heterocycles. The summed E-state index contributed by atoms with van der Waals surface area (Å²) in [6, 6.07) is 13.2. The molecule has 0 aliphatic carbocycles. The summed E-state index contributed by atoms with van der Waals surface area (Å²) < 4.78 is 15.6. The van der Waals surface area contributed by atoms with Gasteiger partial charge in [-0.15, -0.1) is 0 Å². The second-order valence-corrected chi connectivity index (χ2v) is 12.4. The molecule has 0 unspecified atom stereocenters. The summed E-state index contributed by atoms with van der Waals surface area (Å²) in [4.78, 5) is 48.4. The molecule has 0 radical (unpaired) electrons. The Labute approximate surface area is 260 Å². The van der Waals surface area contributed by atoms with Crippen LogP contribution in [0.25, 0.3) is 0 Å². The molecule has 2 aromatic carbocycles. The highest BCUT2D eigenvalue weighted by Crippen LogP contribution is 2.16. The van der Waals surface area contributed by atoms with E-state index in [-0.39, 0.29) is 12.5 Å². The first-order valence-corrected chi connectivity index (χ1v) is 14.9. The van der Waals surface area contributed by atoms with Crippen molar-refractivity contribution in [1.82, 2.24) is 16.0 Å². The molecule has 2 rings (SSSR count). The Morgan fingerprint density at radius 1 is 0.705 bits per heavy atom. The Kier molecular flexibility index (Phi) is 13.9.